The molecule has 0 unspecified atom stereocenters. The van der Waals surface area contributed by atoms with Crippen molar-refractivity contribution in [2.45, 2.75) is 98.0 Å². The Hall–Kier alpha value is -5.40. The second-order valence-corrected chi connectivity index (χ2v) is 21.5. The van der Waals surface area contributed by atoms with E-state index >= 15 is 0 Å². The van der Waals surface area contributed by atoms with Crippen molar-refractivity contribution >= 4 is 44.8 Å². The maximum Gasteiger partial charge on any atom is 0.324 e. The standard InChI is InChI=1S/C49H64N8O9S/c1-8-56-42-12-11-32-24-37(42)38(44(56)39-26-50-15-13-34(39)28-65-7)25-49(4,5)29-66-48(62)40-10-9-16-57(52-40)47(61)41(22-31-20-35(32)23-36(58)21-31)51-45(59)43(30(2)3)53(6)46(60)33-14-17-55(27-33)67(63,64)54-18-19-54/h11-13,15,20-21,23-24,26,30,33,40-41,43,52,58H,8-10,14,16-19,22,25,27-29H2,1-7H3,(H,51,59)/t33-,40-,41-,43-/m0/s1. The van der Waals surface area contributed by atoms with Gasteiger partial charge in [0.25, 0.3) is 16.1 Å². The molecule has 2 aromatic carbocycles. The van der Waals surface area contributed by atoms with Crippen LogP contribution in [0.4, 0.5) is 0 Å². The number of carbonyl (C=O) groups excluding carboxylic acids is 4. The summed E-state index contributed by atoms with van der Waals surface area (Å²) in [6.07, 6.45) is 5.38. The highest BCUT2D eigenvalue weighted by Gasteiger charge is 2.44. The van der Waals surface area contributed by atoms with Crippen LogP contribution in [0.5, 0.6) is 5.75 Å². The van der Waals surface area contributed by atoms with Crippen LogP contribution in [0.1, 0.15) is 70.6 Å². The van der Waals surface area contributed by atoms with E-state index in [4.69, 9.17) is 9.47 Å². The number of hydrogen-bond acceptors (Lipinski definition) is 11. The molecule has 3 N–H and O–H groups in total. The lowest BCUT2D eigenvalue weighted by molar-refractivity contribution is -0.155. The summed E-state index contributed by atoms with van der Waals surface area (Å²) in [6, 6.07) is 10.3. The molecule has 17 nitrogen and oxygen atoms in total. The molecule has 360 valence electrons. The molecule has 0 spiro atoms. The Balaban J connectivity index is 1.17. The molecule has 4 aromatic rings. The SMILES string of the molecule is CCn1c(-c2cnccc2COC)c2c3cc(ccc31)-c1cc(O)cc(c1)C[C@H](NC(=O)[C@H](C(C)C)N(C)C(=O)[C@H]1CCN(S(=O)(=O)N3CC3)C1)C(=O)N1CCC[C@H](N1)C(=O)OCC(C)(C)C2. The van der Waals surface area contributed by atoms with E-state index in [0.29, 0.717) is 63.1 Å². The molecular weight excluding hydrogens is 877 g/mol. The monoisotopic (exact) mass is 940 g/mol. The summed E-state index contributed by atoms with van der Waals surface area (Å²) < 4.78 is 42.6. The largest absolute Gasteiger partial charge is 0.508 e. The summed E-state index contributed by atoms with van der Waals surface area (Å²) in [5.74, 6) is -2.96. The lowest BCUT2D eigenvalue weighted by Crippen LogP contribution is -2.62. The third-order valence-electron chi connectivity index (χ3n) is 13.5. The molecule has 0 aliphatic carbocycles. The Labute approximate surface area is 392 Å². The van der Waals surface area contributed by atoms with E-state index in [0.717, 1.165) is 38.9 Å². The summed E-state index contributed by atoms with van der Waals surface area (Å²) in [6.45, 7) is 12.4. The molecule has 8 rings (SSSR count). The third-order valence-corrected chi connectivity index (χ3v) is 15.5. The molecule has 4 aliphatic rings. The van der Waals surface area contributed by atoms with Gasteiger partial charge in [-0.2, -0.15) is 17.0 Å². The van der Waals surface area contributed by atoms with Crippen LogP contribution in [0, 0.1) is 17.3 Å². The maximum absolute atomic E-state index is 14.7. The molecular formula is C49H64N8O9S. The van der Waals surface area contributed by atoms with Gasteiger partial charge in [-0.25, -0.2) is 5.43 Å². The van der Waals surface area contributed by atoms with Gasteiger partial charge in [0, 0.05) is 94.1 Å². The number of nitrogens with zero attached hydrogens (tertiary/aromatic N) is 6. The van der Waals surface area contributed by atoms with Gasteiger partial charge in [-0.05, 0) is 96.7 Å². The van der Waals surface area contributed by atoms with Crippen molar-refractivity contribution in [2.24, 2.45) is 17.3 Å². The number of aromatic nitrogens is 2. The van der Waals surface area contributed by atoms with Gasteiger partial charge < -0.3 is 29.4 Å². The van der Waals surface area contributed by atoms with Crippen LogP contribution in [0.15, 0.2) is 54.9 Å². The first-order chi connectivity index (χ1) is 31.9. The molecule has 6 bridgehead atoms. The van der Waals surface area contributed by atoms with E-state index < -0.39 is 63.4 Å². The predicted molar refractivity (Wildman–Crippen MR) is 252 cm³/mol. The molecule has 67 heavy (non-hydrogen) atoms. The first kappa shape index (κ1) is 48.1. The van der Waals surface area contributed by atoms with Crippen LogP contribution in [0.3, 0.4) is 0 Å². The van der Waals surface area contributed by atoms with E-state index in [2.05, 4.69) is 53.2 Å². The van der Waals surface area contributed by atoms with Crippen LogP contribution in [0.25, 0.3) is 33.3 Å². The minimum Gasteiger partial charge on any atom is -0.508 e. The Kier molecular flexibility index (Phi) is 13.8. The zero-order valence-electron chi connectivity index (χ0n) is 39.6. The highest BCUT2D eigenvalue weighted by atomic mass is 32.2. The van der Waals surface area contributed by atoms with Crippen LogP contribution in [0.2, 0.25) is 0 Å². The molecule has 3 amide bonds. The molecule has 3 saturated heterocycles. The van der Waals surface area contributed by atoms with Gasteiger partial charge in [-0.3, -0.25) is 29.2 Å². The van der Waals surface area contributed by atoms with Crippen molar-refractivity contribution in [3.05, 3.63) is 71.5 Å². The number of amides is 3. The number of nitrogens with one attached hydrogen (secondary N) is 2. The van der Waals surface area contributed by atoms with Gasteiger partial charge in [0.15, 0.2) is 0 Å². The van der Waals surface area contributed by atoms with E-state index in [9.17, 15) is 32.7 Å². The third kappa shape index (κ3) is 9.95. The number of phenolic OH excluding ortho intramolecular Hbond substituents is 1. The minimum absolute atomic E-state index is 0.0246. The van der Waals surface area contributed by atoms with Gasteiger partial charge >= 0.3 is 5.97 Å². The van der Waals surface area contributed by atoms with E-state index in [1.54, 1.807) is 32.5 Å². The number of hydrazine groups is 1. The maximum atomic E-state index is 14.7. The van der Waals surface area contributed by atoms with Gasteiger partial charge in [-0.15, -0.1) is 0 Å². The number of rotatable bonds is 11. The first-order valence-electron chi connectivity index (χ1n) is 23.4. The molecule has 4 atom stereocenters. The van der Waals surface area contributed by atoms with Crippen molar-refractivity contribution in [3.63, 3.8) is 0 Å². The van der Waals surface area contributed by atoms with E-state index in [1.807, 2.05) is 38.2 Å². The van der Waals surface area contributed by atoms with Crippen molar-refractivity contribution in [3.8, 4) is 28.1 Å². The summed E-state index contributed by atoms with van der Waals surface area (Å²) >= 11 is 0. The van der Waals surface area contributed by atoms with E-state index in [-0.39, 0.29) is 44.3 Å². The second-order valence-electron chi connectivity index (χ2n) is 19.6. The van der Waals surface area contributed by atoms with Crippen LogP contribution >= 0.6 is 0 Å². The number of cyclic esters (lactones) is 1. The molecule has 18 heteroatoms. The van der Waals surface area contributed by atoms with Crippen LogP contribution < -0.4 is 10.7 Å². The number of phenols is 1. The Morgan fingerprint density at radius 2 is 1.82 bits per heavy atom. The molecule has 6 heterocycles. The number of carbonyl (C=O) groups is 4. The Morgan fingerprint density at radius 3 is 2.54 bits per heavy atom. The zero-order chi connectivity index (χ0) is 47.9. The molecule has 0 radical (unpaired) electrons. The molecule has 0 saturated carbocycles. The number of aryl methyl sites for hydroxylation is 1. The van der Waals surface area contributed by atoms with Crippen molar-refractivity contribution in [1.82, 2.24) is 38.8 Å². The van der Waals surface area contributed by atoms with Gasteiger partial charge in [0.05, 0.1) is 24.8 Å². The summed E-state index contributed by atoms with van der Waals surface area (Å²) in [5.41, 5.74) is 9.63. The number of aromatic hydroxyl groups is 1. The lowest BCUT2D eigenvalue weighted by atomic mass is 9.84. The van der Waals surface area contributed by atoms with Gasteiger partial charge in [0.2, 0.25) is 11.8 Å². The van der Waals surface area contributed by atoms with Crippen molar-refractivity contribution in [2.75, 3.05) is 53.5 Å². The van der Waals surface area contributed by atoms with Gasteiger partial charge in [0.1, 0.15) is 23.9 Å². The fourth-order valence-corrected chi connectivity index (χ4v) is 11.7. The molecule has 4 aliphatic heterocycles. The first-order valence-corrected chi connectivity index (χ1v) is 24.8. The minimum atomic E-state index is -3.63. The highest BCUT2D eigenvalue weighted by Crippen LogP contribution is 2.41. The number of esters is 1. The van der Waals surface area contributed by atoms with E-state index in [1.165, 1.54) is 18.5 Å². The molecule has 3 fully saturated rings. The summed E-state index contributed by atoms with van der Waals surface area (Å²) in [4.78, 5) is 63.1. The average molecular weight is 941 g/mol. The number of pyridine rings is 1. The van der Waals surface area contributed by atoms with Crippen LogP contribution in [-0.2, 0) is 64.9 Å². The highest BCUT2D eigenvalue weighted by molar-refractivity contribution is 7.87. The fourth-order valence-electron chi connectivity index (χ4n) is 10.1. The second kappa shape index (κ2) is 19.3. The van der Waals surface area contributed by atoms with Crippen LogP contribution in [-0.4, -0.2) is 137 Å². The lowest BCUT2D eigenvalue weighted by Gasteiger charge is -2.37. The number of hydrogen-bond donors (Lipinski definition) is 3. The smallest absolute Gasteiger partial charge is 0.324 e. The quantitative estimate of drug-likeness (QED) is 0.144. The number of benzene rings is 2. The Morgan fingerprint density at radius 1 is 1.04 bits per heavy atom. The number of ether oxygens (including phenoxy) is 2. The predicted octanol–water partition coefficient (Wildman–Crippen LogP) is 4.26. The topological polar surface area (TPSA) is 196 Å². The average Bonchev–Trinajstić information content (AvgIpc) is 3.97. The number of methoxy groups -OCH3 is 1. The van der Waals surface area contributed by atoms with Crippen molar-refractivity contribution < 1.29 is 42.2 Å². The summed E-state index contributed by atoms with van der Waals surface area (Å²) in [7, 11) is -0.419. The number of fused-ring (bicyclic) bond motifs is 6. The van der Waals surface area contributed by atoms with Gasteiger partial charge in [-0.1, -0.05) is 39.8 Å². The number of likely N-dealkylation sites (N-methyl/N-ethyl adjacent to an activating group) is 1. The summed E-state index contributed by atoms with van der Waals surface area (Å²) in [5, 5.41) is 16.7. The normalized spacial score (nSPS) is 22.1. The Bertz CT molecular complexity index is 2660. The zero-order valence-corrected chi connectivity index (χ0v) is 40.4. The fraction of sp³-hybridized carbons (Fsp3) is 0.531. The molecule has 2 aromatic heterocycles. The van der Waals surface area contributed by atoms with Crippen molar-refractivity contribution in [1.29, 1.82) is 0 Å².